The number of carbonyl (C=O) groups excluding carboxylic acids is 1. The molecule has 1 fully saturated rings. The molecule has 124 valence electrons. The van der Waals surface area contributed by atoms with E-state index in [1.54, 1.807) is 0 Å². The van der Waals surface area contributed by atoms with Crippen LogP contribution in [0.2, 0.25) is 0 Å². The van der Waals surface area contributed by atoms with Gasteiger partial charge in [-0.25, -0.2) is 0 Å². The van der Waals surface area contributed by atoms with E-state index in [9.17, 15) is 4.79 Å². The summed E-state index contributed by atoms with van der Waals surface area (Å²) in [5.74, 6) is 2.03. The molecule has 2 aromatic rings. The van der Waals surface area contributed by atoms with Crippen molar-refractivity contribution in [3.8, 4) is 11.5 Å². The lowest BCUT2D eigenvalue weighted by Gasteiger charge is -2.24. The van der Waals surface area contributed by atoms with Crippen LogP contribution in [0.4, 0.5) is 0 Å². The van der Waals surface area contributed by atoms with Gasteiger partial charge in [0, 0.05) is 19.0 Å². The normalized spacial score (nSPS) is 15.8. The summed E-state index contributed by atoms with van der Waals surface area (Å²) in [6, 6.07) is 16.1. The molecule has 4 rings (SSSR count). The molecule has 0 radical (unpaired) electrons. The SMILES string of the molecule is O=C(C1CC1)N(Cc1ccccc1)Cc1ccc2c(c1)OCCO2. The number of amides is 1. The summed E-state index contributed by atoms with van der Waals surface area (Å²) < 4.78 is 11.2. The Hall–Kier alpha value is -2.49. The van der Waals surface area contributed by atoms with E-state index in [1.165, 1.54) is 0 Å². The molecule has 1 aliphatic heterocycles. The van der Waals surface area contributed by atoms with Crippen molar-refractivity contribution < 1.29 is 14.3 Å². The van der Waals surface area contributed by atoms with E-state index in [0.717, 1.165) is 35.5 Å². The lowest BCUT2D eigenvalue weighted by molar-refractivity contribution is -0.133. The minimum Gasteiger partial charge on any atom is -0.486 e. The zero-order valence-electron chi connectivity index (χ0n) is 13.6. The molecule has 4 nitrogen and oxygen atoms in total. The van der Waals surface area contributed by atoms with Crippen LogP contribution in [0, 0.1) is 5.92 Å². The largest absolute Gasteiger partial charge is 0.486 e. The molecule has 0 bridgehead atoms. The van der Waals surface area contributed by atoms with Gasteiger partial charge in [-0.15, -0.1) is 0 Å². The van der Waals surface area contributed by atoms with Gasteiger partial charge in [-0.1, -0.05) is 36.4 Å². The van der Waals surface area contributed by atoms with Gasteiger partial charge >= 0.3 is 0 Å². The van der Waals surface area contributed by atoms with Gasteiger partial charge in [0.05, 0.1) is 0 Å². The van der Waals surface area contributed by atoms with Crippen molar-refractivity contribution in [3.63, 3.8) is 0 Å². The van der Waals surface area contributed by atoms with E-state index >= 15 is 0 Å². The highest BCUT2D eigenvalue weighted by Crippen LogP contribution is 2.34. The first-order valence-corrected chi connectivity index (χ1v) is 8.51. The molecule has 1 heterocycles. The highest BCUT2D eigenvalue weighted by Gasteiger charge is 2.33. The first-order chi connectivity index (χ1) is 11.8. The van der Waals surface area contributed by atoms with Crippen LogP contribution in [0.3, 0.4) is 0 Å². The number of benzene rings is 2. The molecular formula is C20H21NO3. The number of hydrogen-bond acceptors (Lipinski definition) is 3. The van der Waals surface area contributed by atoms with Gasteiger partial charge in [-0.05, 0) is 36.1 Å². The van der Waals surface area contributed by atoms with E-state index in [2.05, 4.69) is 12.1 Å². The van der Waals surface area contributed by atoms with Crippen molar-refractivity contribution in [1.82, 2.24) is 4.90 Å². The molecule has 0 aromatic heterocycles. The summed E-state index contributed by atoms with van der Waals surface area (Å²) in [7, 11) is 0. The maximum absolute atomic E-state index is 12.7. The summed E-state index contributed by atoms with van der Waals surface area (Å²) in [6.07, 6.45) is 2.04. The molecule has 1 aliphatic carbocycles. The van der Waals surface area contributed by atoms with Gasteiger partial charge in [0.15, 0.2) is 11.5 Å². The third-order valence-corrected chi connectivity index (χ3v) is 4.43. The second kappa shape index (κ2) is 6.56. The van der Waals surface area contributed by atoms with Gasteiger partial charge in [0.25, 0.3) is 0 Å². The maximum Gasteiger partial charge on any atom is 0.226 e. The minimum atomic E-state index is 0.214. The monoisotopic (exact) mass is 323 g/mol. The van der Waals surface area contributed by atoms with E-state index < -0.39 is 0 Å². The van der Waals surface area contributed by atoms with Crippen LogP contribution >= 0.6 is 0 Å². The van der Waals surface area contributed by atoms with Crippen molar-refractivity contribution in [2.75, 3.05) is 13.2 Å². The first kappa shape index (κ1) is 15.1. The third kappa shape index (κ3) is 3.37. The third-order valence-electron chi connectivity index (χ3n) is 4.43. The number of ether oxygens (including phenoxy) is 2. The lowest BCUT2D eigenvalue weighted by atomic mass is 10.1. The summed E-state index contributed by atoms with van der Waals surface area (Å²) >= 11 is 0. The fourth-order valence-electron chi connectivity index (χ4n) is 3.01. The topological polar surface area (TPSA) is 38.8 Å². The van der Waals surface area contributed by atoms with Crippen LogP contribution in [0.25, 0.3) is 0 Å². The fourth-order valence-corrected chi connectivity index (χ4v) is 3.01. The van der Waals surface area contributed by atoms with E-state index in [1.807, 2.05) is 41.3 Å². The zero-order valence-corrected chi connectivity index (χ0v) is 13.6. The highest BCUT2D eigenvalue weighted by atomic mass is 16.6. The van der Waals surface area contributed by atoms with E-state index in [4.69, 9.17) is 9.47 Å². The molecule has 24 heavy (non-hydrogen) atoms. The lowest BCUT2D eigenvalue weighted by Crippen LogP contribution is -2.31. The number of fused-ring (bicyclic) bond motifs is 1. The smallest absolute Gasteiger partial charge is 0.226 e. The highest BCUT2D eigenvalue weighted by molar-refractivity contribution is 5.81. The Morgan fingerprint density at radius 3 is 2.38 bits per heavy atom. The van der Waals surface area contributed by atoms with Crippen LogP contribution in [0.15, 0.2) is 48.5 Å². The zero-order chi connectivity index (χ0) is 16.4. The summed E-state index contributed by atoms with van der Waals surface area (Å²) in [5.41, 5.74) is 2.23. The van der Waals surface area contributed by atoms with Crippen LogP contribution in [-0.4, -0.2) is 24.0 Å². The van der Waals surface area contributed by atoms with E-state index in [0.29, 0.717) is 26.3 Å². The van der Waals surface area contributed by atoms with Crippen molar-refractivity contribution in [3.05, 3.63) is 59.7 Å². The Labute approximate surface area is 142 Å². The molecule has 4 heteroatoms. The fraction of sp³-hybridized carbons (Fsp3) is 0.350. The Balaban J connectivity index is 1.53. The summed E-state index contributed by atoms with van der Waals surface area (Å²) in [4.78, 5) is 14.6. The quantitative estimate of drug-likeness (QED) is 0.846. The van der Waals surface area contributed by atoms with Gasteiger partial charge in [0.2, 0.25) is 5.91 Å². The predicted octanol–water partition coefficient (Wildman–Crippen LogP) is 3.40. The van der Waals surface area contributed by atoms with E-state index in [-0.39, 0.29) is 11.8 Å². The van der Waals surface area contributed by atoms with Gasteiger partial charge in [-0.2, -0.15) is 0 Å². The Bertz CT molecular complexity index is 725. The van der Waals surface area contributed by atoms with Crippen molar-refractivity contribution in [2.45, 2.75) is 25.9 Å². The second-order valence-electron chi connectivity index (χ2n) is 6.43. The second-order valence-corrected chi connectivity index (χ2v) is 6.43. The number of rotatable bonds is 5. The number of carbonyl (C=O) groups is 1. The molecule has 1 saturated carbocycles. The van der Waals surface area contributed by atoms with Crippen molar-refractivity contribution in [1.29, 1.82) is 0 Å². The molecule has 0 spiro atoms. The van der Waals surface area contributed by atoms with Crippen LogP contribution < -0.4 is 9.47 Å². The number of hydrogen-bond donors (Lipinski definition) is 0. The van der Waals surface area contributed by atoms with Gasteiger partial charge < -0.3 is 14.4 Å². The standard InChI is InChI=1S/C20H21NO3/c22-20(17-7-8-17)21(13-15-4-2-1-3-5-15)14-16-6-9-18-19(12-16)24-11-10-23-18/h1-6,9,12,17H,7-8,10-11,13-14H2. The minimum absolute atomic E-state index is 0.214. The molecule has 0 unspecified atom stereocenters. The first-order valence-electron chi connectivity index (χ1n) is 8.51. The molecule has 2 aromatic carbocycles. The molecule has 0 saturated heterocycles. The average Bonchev–Trinajstić information content (AvgIpc) is 3.46. The van der Waals surface area contributed by atoms with Crippen LogP contribution in [-0.2, 0) is 17.9 Å². The molecule has 0 N–H and O–H groups in total. The molecular weight excluding hydrogens is 302 g/mol. The summed E-state index contributed by atoms with van der Waals surface area (Å²) in [5, 5.41) is 0. The average molecular weight is 323 g/mol. The molecule has 1 amide bonds. The Morgan fingerprint density at radius 2 is 1.62 bits per heavy atom. The predicted molar refractivity (Wildman–Crippen MR) is 90.9 cm³/mol. The number of nitrogens with zero attached hydrogens (tertiary/aromatic N) is 1. The van der Waals surface area contributed by atoms with Crippen molar-refractivity contribution in [2.24, 2.45) is 5.92 Å². The van der Waals surface area contributed by atoms with Crippen LogP contribution in [0.1, 0.15) is 24.0 Å². The molecule has 2 aliphatic rings. The van der Waals surface area contributed by atoms with Gasteiger partial charge in [-0.3, -0.25) is 4.79 Å². The van der Waals surface area contributed by atoms with Crippen LogP contribution in [0.5, 0.6) is 11.5 Å². The molecule has 0 atom stereocenters. The maximum atomic E-state index is 12.7. The van der Waals surface area contributed by atoms with Gasteiger partial charge in [0.1, 0.15) is 13.2 Å². The van der Waals surface area contributed by atoms with Crippen molar-refractivity contribution >= 4 is 5.91 Å². The summed E-state index contributed by atoms with van der Waals surface area (Å²) in [6.45, 7) is 2.41. The Morgan fingerprint density at radius 1 is 0.917 bits per heavy atom. The Kier molecular flexibility index (Phi) is 4.11.